The second-order valence-corrected chi connectivity index (χ2v) is 8.02. The summed E-state index contributed by atoms with van der Waals surface area (Å²) >= 11 is 0. The van der Waals surface area contributed by atoms with Gasteiger partial charge in [0.05, 0.1) is 13.2 Å². The lowest BCUT2D eigenvalue weighted by Gasteiger charge is -2.38. The van der Waals surface area contributed by atoms with Crippen LogP contribution >= 0.6 is 0 Å². The first-order valence-electron chi connectivity index (χ1n) is 10.2. The standard InChI is InChI=1S/C20H34O3.C2H6/c1-15(2)18-9-8-16(3)12-19(18)23-17(4)22-14-20(13-21)10-6-5-7-11-20;1-2/h5-6,15-16,18-19,21H,4,7-14H2,1-3H3;1-2H3. The van der Waals surface area contributed by atoms with E-state index < -0.39 is 0 Å². The lowest BCUT2D eigenvalue weighted by atomic mass is 9.75. The van der Waals surface area contributed by atoms with E-state index in [0.29, 0.717) is 30.3 Å². The van der Waals surface area contributed by atoms with Gasteiger partial charge in [0.1, 0.15) is 6.10 Å². The van der Waals surface area contributed by atoms with Gasteiger partial charge in [-0.25, -0.2) is 0 Å². The molecule has 1 N–H and O–H groups in total. The third kappa shape index (κ3) is 6.69. The molecular weight excluding hydrogens is 312 g/mol. The molecule has 2 rings (SSSR count). The van der Waals surface area contributed by atoms with Gasteiger partial charge < -0.3 is 14.6 Å². The normalized spacial score (nSPS) is 31.9. The molecule has 1 saturated carbocycles. The van der Waals surface area contributed by atoms with E-state index in [4.69, 9.17) is 9.47 Å². The Bertz CT molecular complexity index is 415. The average molecular weight is 353 g/mol. The number of aliphatic hydroxyl groups excluding tert-OH is 1. The van der Waals surface area contributed by atoms with Crippen molar-refractivity contribution in [3.05, 3.63) is 24.7 Å². The van der Waals surface area contributed by atoms with Crippen molar-refractivity contribution in [2.24, 2.45) is 23.2 Å². The van der Waals surface area contributed by atoms with E-state index >= 15 is 0 Å². The number of allylic oxidation sites excluding steroid dienone is 2. The van der Waals surface area contributed by atoms with E-state index in [1.807, 2.05) is 13.8 Å². The fraction of sp³-hybridized carbons (Fsp3) is 0.818. The zero-order valence-corrected chi connectivity index (χ0v) is 17.1. The molecule has 0 bridgehead atoms. The van der Waals surface area contributed by atoms with Gasteiger partial charge in [0, 0.05) is 5.41 Å². The Kier molecular flexibility index (Phi) is 9.63. The van der Waals surface area contributed by atoms with Crippen LogP contribution in [-0.2, 0) is 9.47 Å². The molecule has 25 heavy (non-hydrogen) atoms. The fourth-order valence-electron chi connectivity index (χ4n) is 3.95. The highest BCUT2D eigenvalue weighted by molar-refractivity contribution is 4.98. The van der Waals surface area contributed by atoms with Crippen molar-refractivity contribution in [1.82, 2.24) is 0 Å². The summed E-state index contributed by atoms with van der Waals surface area (Å²) in [5.41, 5.74) is -0.168. The van der Waals surface area contributed by atoms with Crippen molar-refractivity contribution in [2.75, 3.05) is 13.2 Å². The summed E-state index contributed by atoms with van der Waals surface area (Å²) in [5.74, 6) is 2.33. The smallest absolute Gasteiger partial charge is 0.271 e. The van der Waals surface area contributed by atoms with Crippen LogP contribution in [0.3, 0.4) is 0 Å². The molecule has 0 saturated heterocycles. The second-order valence-electron chi connectivity index (χ2n) is 8.02. The third-order valence-electron chi connectivity index (χ3n) is 5.68. The van der Waals surface area contributed by atoms with Crippen molar-refractivity contribution in [3.8, 4) is 0 Å². The predicted molar refractivity (Wildman–Crippen MR) is 105 cm³/mol. The van der Waals surface area contributed by atoms with E-state index in [1.165, 1.54) is 12.8 Å². The molecule has 3 heteroatoms. The van der Waals surface area contributed by atoms with Crippen LogP contribution < -0.4 is 0 Å². The first-order valence-corrected chi connectivity index (χ1v) is 10.2. The zero-order valence-electron chi connectivity index (χ0n) is 17.1. The van der Waals surface area contributed by atoms with Crippen LogP contribution in [0, 0.1) is 23.2 Å². The van der Waals surface area contributed by atoms with Crippen LogP contribution in [0.4, 0.5) is 0 Å². The molecule has 0 spiro atoms. The van der Waals surface area contributed by atoms with Crippen molar-refractivity contribution in [2.45, 2.75) is 79.2 Å². The number of ether oxygens (including phenoxy) is 2. The Morgan fingerprint density at radius 3 is 2.56 bits per heavy atom. The summed E-state index contributed by atoms with van der Waals surface area (Å²) in [6.45, 7) is 15.5. The first kappa shape index (κ1) is 22.1. The highest BCUT2D eigenvalue weighted by Crippen LogP contribution is 2.37. The molecule has 2 aliphatic carbocycles. The Morgan fingerprint density at radius 2 is 2.00 bits per heavy atom. The Labute approximate surface area is 155 Å². The molecule has 4 atom stereocenters. The summed E-state index contributed by atoms with van der Waals surface area (Å²) in [7, 11) is 0. The molecule has 0 aliphatic heterocycles. The van der Waals surface area contributed by atoms with Gasteiger partial charge in [-0.05, 0) is 56.4 Å². The molecule has 0 amide bonds. The average Bonchev–Trinajstić information content (AvgIpc) is 2.62. The van der Waals surface area contributed by atoms with Crippen LogP contribution in [0.15, 0.2) is 24.7 Å². The molecule has 0 aromatic carbocycles. The van der Waals surface area contributed by atoms with E-state index in [9.17, 15) is 5.11 Å². The first-order chi connectivity index (χ1) is 12.0. The van der Waals surface area contributed by atoms with Crippen LogP contribution in [0.2, 0.25) is 0 Å². The molecule has 3 nitrogen and oxygen atoms in total. The second kappa shape index (κ2) is 10.9. The van der Waals surface area contributed by atoms with Crippen molar-refractivity contribution < 1.29 is 14.6 Å². The number of aliphatic hydroxyl groups is 1. The minimum atomic E-state index is -0.168. The SMILES string of the molecule is C=C(OCC1(CO)CC=CCC1)OC1CC(C)CCC1C(C)C.CC. The van der Waals surface area contributed by atoms with Gasteiger partial charge in [0.2, 0.25) is 0 Å². The number of rotatable bonds is 7. The molecule has 4 unspecified atom stereocenters. The maximum Gasteiger partial charge on any atom is 0.271 e. The fourth-order valence-corrected chi connectivity index (χ4v) is 3.95. The summed E-state index contributed by atoms with van der Waals surface area (Å²) in [5, 5.41) is 9.74. The molecule has 0 aromatic rings. The van der Waals surface area contributed by atoms with Gasteiger partial charge in [0.25, 0.3) is 5.95 Å². The Morgan fingerprint density at radius 1 is 1.28 bits per heavy atom. The van der Waals surface area contributed by atoms with Gasteiger partial charge >= 0.3 is 0 Å². The lowest BCUT2D eigenvalue weighted by Crippen LogP contribution is -2.35. The van der Waals surface area contributed by atoms with E-state index in [-0.39, 0.29) is 18.1 Å². The minimum Gasteiger partial charge on any atom is -0.465 e. The van der Waals surface area contributed by atoms with Crippen LogP contribution in [0.25, 0.3) is 0 Å². The molecule has 1 fully saturated rings. The monoisotopic (exact) mass is 352 g/mol. The highest BCUT2D eigenvalue weighted by Gasteiger charge is 2.34. The van der Waals surface area contributed by atoms with E-state index in [1.54, 1.807) is 0 Å². The van der Waals surface area contributed by atoms with Crippen molar-refractivity contribution in [1.29, 1.82) is 0 Å². The predicted octanol–water partition coefficient (Wildman–Crippen LogP) is 5.70. The summed E-state index contributed by atoms with van der Waals surface area (Å²) in [6.07, 6.45) is 11.0. The molecule has 0 radical (unpaired) electrons. The summed E-state index contributed by atoms with van der Waals surface area (Å²) in [6, 6.07) is 0. The van der Waals surface area contributed by atoms with Crippen LogP contribution in [0.5, 0.6) is 0 Å². The van der Waals surface area contributed by atoms with E-state index in [2.05, 4.69) is 39.5 Å². The highest BCUT2D eigenvalue weighted by atomic mass is 16.7. The van der Waals surface area contributed by atoms with Crippen LogP contribution in [0.1, 0.15) is 73.1 Å². The van der Waals surface area contributed by atoms with Gasteiger partial charge in [-0.1, -0.05) is 53.2 Å². The Hall–Kier alpha value is -0.960. The largest absolute Gasteiger partial charge is 0.465 e. The van der Waals surface area contributed by atoms with E-state index in [0.717, 1.165) is 25.7 Å². The Balaban J connectivity index is 0.00000151. The minimum absolute atomic E-state index is 0.152. The topological polar surface area (TPSA) is 38.7 Å². The maximum absolute atomic E-state index is 9.74. The maximum atomic E-state index is 9.74. The molecule has 2 aliphatic rings. The lowest BCUT2D eigenvalue weighted by molar-refractivity contribution is -0.0843. The van der Waals surface area contributed by atoms with Crippen molar-refractivity contribution in [3.63, 3.8) is 0 Å². The zero-order chi connectivity index (χ0) is 18.9. The third-order valence-corrected chi connectivity index (χ3v) is 5.68. The molecule has 146 valence electrons. The molecular formula is C22H40O3. The van der Waals surface area contributed by atoms with Gasteiger partial charge in [-0.15, -0.1) is 0 Å². The van der Waals surface area contributed by atoms with Gasteiger partial charge in [0.15, 0.2) is 0 Å². The quantitative estimate of drug-likeness (QED) is 0.472. The van der Waals surface area contributed by atoms with Crippen molar-refractivity contribution >= 4 is 0 Å². The molecule has 0 heterocycles. The summed E-state index contributed by atoms with van der Waals surface area (Å²) < 4.78 is 11.9. The summed E-state index contributed by atoms with van der Waals surface area (Å²) in [4.78, 5) is 0. The van der Waals surface area contributed by atoms with Gasteiger partial charge in [-0.3, -0.25) is 0 Å². The number of hydrogen-bond donors (Lipinski definition) is 1. The molecule has 0 aromatic heterocycles. The number of hydrogen-bond acceptors (Lipinski definition) is 3. The van der Waals surface area contributed by atoms with Gasteiger partial charge in [-0.2, -0.15) is 0 Å². The van der Waals surface area contributed by atoms with Crippen LogP contribution in [-0.4, -0.2) is 24.4 Å².